The molecule has 5 heteroatoms. The summed E-state index contributed by atoms with van der Waals surface area (Å²) in [6.45, 7) is 3.43. The quantitative estimate of drug-likeness (QED) is 0.428. The van der Waals surface area contributed by atoms with Crippen LogP contribution in [0.2, 0.25) is 0 Å². The Morgan fingerprint density at radius 1 is 1.32 bits per heavy atom. The van der Waals surface area contributed by atoms with Crippen LogP contribution in [0.5, 0.6) is 0 Å². The molecule has 0 spiro atoms. The van der Waals surface area contributed by atoms with Crippen LogP contribution >= 0.6 is 11.8 Å². The molecule has 4 nitrogen and oxygen atoms in total. The minimum Gasteiger partial charge on any atom is -0.313 e. The summed E-state index contributed by atoms with van der Waals surface area (Å²) >= 11 is 1.88. The highest BCUT2D eigenvalue weighted by atomic mass is 32.2. The van der Waals surface area contributed by atoms with Crippen molar-refractivity contribution in [2.45, 2.75) is 32.7 Å². The number of nitro benzene ring substituents is 1. The third-order valence-corrected chi connectivity index (χ3v) is 3.70. The van der Waals surface area contributed by atoms with E-state index < -0.39 is 0 Å². The zero-order valence-corrected chi connectivity index (χ0v) is 12.5. The van der Waals surface area contributed by atoms with Crippen LogP contribution in [0.25, 0.3) is 0 Å². The molecule has 1 aromatic rings. The van der Waals surface area contributed by atoms with E-state index in [2.05, 4.69) is 11.6 Å². The van der Waals surface area contributed by atoms with Gasteiger partial charge in [-0.3, -0.25) is 10.1 Å². The van der Waals surface area contributed by atoms with Gasteiger partial charge < -0.3 is 5.32 Å². The molecule has 106 valence electrons. The first-order valence-electron chi connectivity index (χ1n) is 6.58. The molecule has 0 saturated carbocycles. The minimum atomic E-state index is -0.318. The van der Waals surface area contributed by atoms with Crippen LogP contribution in [0.3, 0.4) is 0 Å². The van der Waals surface area contributed by atoms with E-state index in [0.29, 0.717) is 12.1 Å². The summed E-state index contributed by atoms with van der Waals surface area (Å²) in [6.07, 6.45) is 5.79. The first-order valence-corrected chi connectivity index (χ1v) is 7.98. The molecule has 0 unspecified atom stereocenters. The van der Waals surface area contributed by atoms with Crippen LogP contribution in [-0.4, -0.2) is 23.5 Å². The second-order valence-electron chi connectivity index (χ2n) is 4.61. The van der Waals surface area contributed by atoms with Gasteiger partial charge in [0.25, 0.3) is 5.69 Å². The first-order chi connectivity index (χ1) is 9.15. The Balaban J connectivity index is 2.30. The number of hydrogen-bond acceptors (Lipinski definition) is 4. The molecule has 19 heavy (non-hydrogen) atoms. The number of unbranched alkanes of at least 4 members (excludes halogenated alkanes) is 2. The molecule has 0 saturated heterocycles. The highest BCUT2D eigenvalue weighted by molar-refractivity contribution is 7.98. The van der Waals surface area contributed by atoms with Gasteiger partial charge in [0, 0.05) is 18.2 Å². The molecule has 0 aliphatic rings. The predicted molar refractivity (Wildman–Crippen MR) is 81.8 cm³/mol. The summed E-state index contributed by atoms with van der Waals surface area (Å²) in [7, 11) is 0. The van der Waals surface area contributed by atoms with E-state index in [-0.39, 0.29) is 10.6 Å². The molecular weight excluding hydrogens is 260 g/mol. The SMILES string of the molecule is CSCCCCCNCc1ccc(C)c([N+](=O)[O-])c1. The van der Waals surface area contributed by atoms with Crippen LogP contribution in [0, 0.1) is 17.0 Å². The molecule has 0 fully saturated rings. The van der Waals surface area contributed by atoms with Gasteiger partial charge >= 0.3 is 0 Å². The van der Waals surface area contributed by atoms with E-state index in [1.807, 2.05) is 23.9 Å². The van der Waals surface area contributed by atoms with E-state index >= 15 is 0 Å². The Labute approximate surface area is 119 Å². The molecular formula is C14H22N2O2S. The van der Waals surface area contributed by atoms with Crippen LogP contribution in [0.4, 0.5) is 5.69 Å². The number of hydrogen-bond donors (Lipinski definition) is 1. The highest BCUT2D eigenvalue weighted by Gasteiger charge is 2.10. The second-order valence-corrected chi connectivity index (χ2v) is 5.59. The summed E-state index contributed by atoms with van der Waals surface area (Å²) in [5, 5.41) is 14.2. The molecule has 1 N–H and O–H groups in total. The van der Waals surface area contributed by atoms with Gasteiger partial charge in [-0.2, -0.15) is 11.8 Å². The van der Waals surface area contributed by atoms with Crippen molar-refractivity contribution in [2.75, 3.05) is 18.6 Å². The van der Waals surface area contributed by atoms with Gasteiger partial charge in [0.2, 0.25) is 0 Å². The maximum Gasteiger partial charge on any atom is 0.272 e. The van der Waals surface area contributed by atoms with Crippen molar-refractivity contribution in [3.8, 4) is 0 Å². The van der Waals surface area contributed by atoms with Crippen LogP contribution in [0.15, 0.2) is 18.2 Å². The summed E-state index contributed by atoms with van der Waals surface area (Å²) < 4.78 is 0. The lowest BCUT2D eigenvalue weighted by molar-refractivity contribution is -0.385. The summed E-state index contributed by atoms with van der Waals surface area (Å²) in [6, 6.07) is 5.42. The van der Waals surface area contributed by atoms with Crippen molar-refractivity contribution in [2.24, 2.45) is 0 Å². The molecule has 0 aliphatic heterocycles. The van der Waals surface area contributed by atoms with E-state index in [1.165, 1.54) is 18.6 Å². The van der Waals surface area contributed by atoms with Gasteiger partial charge in [-0.15, -0.1) is 0 Å². The fourth-order valence-electron chi connectivity index (χ4n) is 1.87. The minimum absolute atomic E-state index is 0.208. The second kappa shape index (κ2) is 8.93. The van der Waals surface area contributed by atoms with E-state index in [0.717, 1.165) is 18.5 Å². The molecule has 0 aromatic heterocycles. The Kier molecular flexibility index (Phi) is 7.52. The topological polar surface area (TPSA) is 55.2 Å². The number of aryl methyl sites for hydroxylation is 1. The third-order valence-electron chi connectivity index (χ3n) is 3.00. The fraction of sp³-hybridized carbons (Fsp3) is 0.571. The van der Waals surface area contributed by atoms with Crippen molar-refractivity contribution in [3.05, 3.63) is 39.4 Å². The number of benzene rings is 1. The number of nitrogens with zero attached hydrogens (tertiary/aromatic N) is 1. The zero-order chi connectivity index (χ0) is 14.1. The summed E-state index contributed by atoms with van der Waals surface area (Å²) in [4.78, 5) is 10.5. The fourth-order valence-corrected chi connectivity index (χ4v) is 2.36. The van der Waals surface area contributed by atoms with Crippen molar-refractivity contribution in [1.82, 2.24) is 5.32 Å². The number of nitro groups is 1. The van der Waals surface area contributed by atoms with Crippen molar-refractivity contribution >= 4 is 17.4 Å². The average Bonchev–Trinajstić information content (AvgIpc) is 2.39. The van der Waals surface area contributed by atoms with Crippen molar-refractivity contribution < 1.29 is 4.92 Å². The van der Waals surface area contributed by atoms with Gasteiger partial charge in [-0.1, -0.05) is 18.6 Å². The zero-order valence-electron chi connectivity index (χ0n) is 11.6. The van der Waals surface area contributed by atoms with Crippen molar-refractivity contribution in [1.29, 1.82) is 0 Å². The monoisotopic (exact) mass is 282 g/mol. The molecule has 0 heterocycles. The van der Waals surface area contributed by atoms with Gasteiger partial charge in [-0.25, -0.2) is 0 Å². The Bertz CT molecular complexity index is 410. The molecule has 0 atom stereocenters. The largest absolute Gasteiger partial charge is 0.313 e. The predicted octanol–water partition coefficient (Wildman–Crippen LogP) is 3.53. The van der Waals surface area contributed by atoms with Gasteiger partial charge in [-0.05, 0) is 43.9 Å². The van der Waals surface area contributed by atoms with E-state index in [4.69, 9.17) is 0 Å². The number of nitrogens with one attached hydrogen (secondary N) is 1. The molecule has 0 bridgehead atoms. The van der Waals surface area contributed by atoms with Gasteiger partial charge in [0.15, 0.2) is 0 Å². The van der Waals surface area contributed by atoms with Crippen LogP contribution < -0.4 is 5.32 Å². The Morgan fingerprint density at radius 3 is 2.79 bits per heavy atom. The smallest absolute Gasteiger partial charge is 0.272 e. The Morgan fingerprint density at radius 2 is 2.11 bits per heavy atom. The van der Waals surface area contributed by atoms with Crippen LogP contribution in [0.1, 0.15) is 30.4 Å². The average molecular weight is 282 g/mol. The number of thioether (sulfide) groups is 1. The molecule has 1 aromatic carbocycles. The van der Waals surface area contributed by atoms with E-state index in [1.54, 1.807) is 13.0 Å². The lowest BCUT2D eigenvalue weighted by Crippen LogP contribution is -2.14. The summed E-state index contributed by atoms with van der Waals surface area (Å²) in [5.41, 5.74) is 1.89. The van der Waals surface area contributed by atoms with Gasteiger partial charge in [0.1, 0.15) is 0 Å². The Hall–Kier alpha value is -1.07. The lowest BCUT2D eigenvalue weighted by Gasteiger charge is -2.06. The molecule has 0 aliphatic carbocycles. The molecule has 0 radical (unpaired) electrons. The highest BCUT2D eigenvalue weighted by Crippen LogP contribution is 2.19. The summed E-state index contributed by atoms with van der Waals surface area (Å²) in [5.74, 6) is 1.23. The third kappa shape index (κ3) is 6.07. The normalized spacial score (nSPS) is 10.6. The van der Waals surface area contributed by atoms with E-state index in [9.17, 15) is 10.1 Å². The first kappa shape index (κ1) is 16.0. The standard InChI is InChI=1S/C14H22N2O2S/c1-12-6-7-13(10-14(12)16(17)18)11-15-8-4-3-5-9-19-2/h6-7,10,15H,3-5,8-9,11H2,1-2H3. The van der Waals surface area contributed by atoms with Crippen LogP contribution in [-0.2, 0) is 6.54 Å². The number of rotatable bonds is 9. The van der Waals surface area contributed by atoms with Gasteiger partial charge in [0.05, 0.1) is 4.92 Å². The van der Waals surface area contributed by atoms with Crippen molar-refractivity contribution in [3.63, 3.8) is 0 Å². The lowest BCUT2D eigenvalue weighted by atomic mass is 10.1. The maximum absolute atomic E-state index is 10.8. The molecule has 0 amide bonds. The molecule has 1 rings (SSSR count). The maximum atomic E-state index is 10.8.